The number of furan rings is 2. The van der Waals surface area contributed by atoms with E-state index in [-0.39, 0.29) is 6.03 Å². The monoisotopic (exact) mass is 298 g/mol. The van der Waals surface area contributed by atoms with Crippen molar-refractivity contribution in [2.24, 2.45) is 0 Å². The number of carbonyl (C=O) groups is 1. The normalized spacial score (nSPS) is 10.8. The molecule has 0 aliphatic carbocycles. The SMILES string of the molecule is Cc1c(CNC(=O)N(C)Cc2ccco2)oc2ccccc12. The van der Waals surface area contributed by atoms with Gasteiger partial charge < -0.3 is 19.1 Å². The number of rotatable bonds is 4. The molecule has 5 nitrogen and oxygen atoms in total. The molecular weight excluding hydrogens is 280 g/mol. The standard InChI is InChI=1S/C17H18N2O3/c1-12-14-7-3-4-8-15(14)22-16(12)10-18-17(20)19(2)11-13-6-5-9-21-13/h3-9H,10-11H2,1-2H3,(H,18,20). The summed E-state index contributed by atoms with van der Waals surface area (Å²) in [5.74, 6) is 1.53. The maximum absolute atomic E-state index is 12.1. The molecule has 3 rings (SSSR count). The maximum Gasteiger partial charge on any atom is 0.317 e. The average Bonchev–Trinajstić information content (AvgIpc) is 3.13. The van der Waals surface area contributed by atoms with E-state index in [4.69, 9.17) is 8.83 Å². The number of urea groups is 1. The first-order chi connectivity index (χ1) is 10.6. The van der Waals surface area contributed by atoms with Crippen LogP contribution in [-0.2, 0) is 13.1 Å². The zero-order valence-electron chi connectivity index (χ0n) is 12.6. The summed E-state index contributed by atoms with van der Waals surface area (Å²) in [5, 5.41) is 3.94. The molecule has 114 valence electrons. The number of hydrogen-bond acceptors (Lipinski definition) is 3. The topological polar surface area (TPSA) is 58.6 Å². The summed E-state index contributed by atoms with van der Waals surface area (Å²) in [6.07, 6.45) is 1.60. The smallest absolute Gasteiger partial charge is 0.317 e. The van der Waals surface area contributed by atoms with Crippen molar-refractivity contribution in [3.8, 4) is 0 Å². The lowest BCUT2D eigenvalue weighted by molar-refractivity contribution is 0.201. The van der Waals surface area contributed by atoms with Crippen LogP contribution in [0, 0.1) is 6.92 Å². The molecule has 5 heteroatoms. The first-order valence-corrected chi connectivity index (χ1v) is 7.13. The molecule has 22 heavy (non-hydrogen) atoms. The molecule has 0 fully saturated rings. The Bertz CT molecular complexity index is 774. The van der Waals surface area contributed by atoms with Gasteiger partial charge in [0.1, 0.15) is 17.1 Å². The molecule has 2 amide bonds. The highest BCUT2D eigenvalue weighted by Crippen LogP contribution is 2.24. The van der Waals surface area contributed by atoms with E-state index in [0.29, 0.717) is 13.1 Å². The zero-order valence-corrected chi connectivity index (χ0v) is 12.6. The summed E-state index contributed by atoms with van der Waals surface area (Å²) >= 11 is 0. The van der Waals surface area contributed by atoms with E-state index in [1.165, 1.54) is 0 Å². The van der Waals surface area contributed by atoms with E-state index >= 15 is 0 Å². The summed E-state index contributed by atoms with van der Waals surface area (Å²) in [4.78, 5) is 13.7. The number of hydrogen-bond donors (Lipinski definition) is 1. The van der Waals surface area contributed by atoms with E-state index < -0.39 is 0 Å². The number of aryl methyl sites for hydroxylation is 1. The van der Waals surface area contributed by atoms with Crippen molar-refractivity contribution < 1.29 is 13.6 Å². The van der Waals surface area contributed by atoms with Gasteiger partial charge in [0.2, 0.25) is 0 Å². The number of benzene rings is 1. The van der Waals surface area contributed by atoms with Gasteiger partial charge in [-0.1, -0.05) is 18.2 Å². The molecular formula is C17H18N2O3. The number of para-hydroxylation sites is 1. The highest BCUT2D eigenvalue weighted by atomic mass is 16.3. The molecule has 1 aromatic carbocycles. The van der Waals surface area contributed by atoms with Gasteiger partial charge in [-0.25, -0.2) is 4.79 Å². The quantitative estimate of drug-likeness (QED) is 0.799. The van der Waals surface area contributed by atoms with Gasteiger partial charge in [-0.2, -0.15) is 0 Å². The second-order valence-electron chi connectivity index (χ2n) is 5.24. The number of nitrogens with one attached hydrogen (secondary N) is 1. The molecule has 0 unspecified atom stereocenters. The Hall–Kier alpha value is -2.69. The van der Waals surface area contributed by atoms with Crippen LogP contribution in [0.25, 0.3) is 11.0 Å². The van der Waals surface area contributed by atoms with Crippen molar-refractivity contribution in [3.05, 3.63) is 59.7 Å². The molecule has 2 aromatic heterocycles. The van der Waals surface area contributed by atoms with Crippen LogP contribution >= 0.6 is 0 Å². The fourth-order valence-corrected chi connectivity index (χ4v) is 2.39. The van der Waals surface area contributed by atoms with Crippen molar-refractivity contribution in [2.45, 2.75) is 20.0 Å². The molecule has 0 atom stereocenters. The van der Waals surface area contributed by atoms with Crippen molar-refractivity contribution in [3.63, 3.8) is 0 Å². The largest absolute Gasteiger partial charge is 0.467 e. The van der Waals surface area contributed by atoms with Gasteiger partial charge in [-0.05, 0) is 25.1 Å². The Kier molecular flexibility index (Phi) is 3.87. The fourth-order valence-electron chi connectivity index (χ4n) is 2.39. The van der Waals surface area contributed by atoms with Crippen LogP contribution in [0.2, 0.25) is 0 Å². The predicted molar refractivity (Wildman–Crippen MR) is 83.4 cm³/mol. The van der Waals surface area contributed by atoms with Gasteiger partial charge in [0.15, 0.2) is 0 Å². The van der Waals surface area contributed by atoms with E-state index in [1.54, 1.807) is 24.3 Å². The molecule has 0 bridgehead atoms. The molecule has 3 aromatic rings. The highest BCUT2D eigenvalue weighted by Gasteiger charge is 2.13. The molecule has 2 heterocycles. The lowest BCUT2D eigenvalue weighted by atomic mass is 10.1. The average molecular weight is 298 g/mol. The second-order valence-corrected chi connectivity index (χ2v) is 5.24. The molecule has 1 N–H and O–H groups in total. The molecule has 0 spiro atoms. The maximum atomic E-state index is 12.1. The van der Waals surface area contributed by atoms with E-state index in [9.17, 15) is 4.79 Å². The van der Waals surface area contributed by atoms with Gasteiger partial charge >= 0.3 is 6.03 Å². The van der Waals surface area contributed by atoms with Crippen molar-refractivity contribution in [2.75, 3.05) is 7.05 Å². The minimum absolute atomic E-state index is 0.170. The minimum atomic E-state index is -0.170. The third-order valence-electron chi connectivity index (χ3n) is 3.66. The second kappa shape index (κ2) is 5.97. The number of fused-ring (bicyclic) bond motifs is 1. The Labute approximate surface area is 128 Å². The Balaban J connectivity index is 1.63. The third-order valence-corrected chi connectivity index (χ3v) is 3.66. The Morgan fingerprint density at radius 2 is 2.05 bits per heavy atom. The van der Waals surface area contributed by atoms with Crippen LogP contribution in [0.5, 0.6) is 0 Å². The van der Waals surface area contributed by atoms with Gasteiger partial charge in [0.25, 0.3) is 0 Å². The van der Waals surface area contributed by atoms with Crippen molar-refractivity contribution in [1.29, 1.82) is 0 Å². The zero-order chi connectivity index (χ0) is 15.5. The van der Waals surface area contributed by atoms with Gasteiger partial charge in [0.05, 0.1) is 19.4 Å². The summed E-state index contributed by atoms with van der Waals surface area (Å²) in [5.41, 5.74) is 1.90. The lowest BCUT2D eigenvalue weighted by Gasteiger charge is -2.16. The Morgan fingerprint density at radius 3 is 2.77 bits per heavy atom. The van der Waals surface area contributed by atoms with Crippen LogP contribution in [0.4, 0.5) is 4.79 Å². The van der Waals surface area contributed by atoms with Crippen LogP contribution in [0.15, 0.2) is 51.5 Å². The van der Waals surface area contributed by atoms with Gasteiger partial charge in [-0.3, -0.25) is 0 Å². The Morgan fingerprint density at radius 1 is 1.23 bits per heavy atom. The van der Waals surface area contributed by atoms with Crippen LogP contribution in [0.3, 0.4) is 0 Å². The molecule has 0 aliphatic heterocycles. The molecule has 0 saturated carbocycles. The van der Waals surface area contributed by atoms with Crippen molar-refractivity contribution in [1.82, 2.24) is 10.2 Å². The fraction of sp³-hybridized carbons (Fsp3) is 0.235. The molecule has 0 radical (unpaired) electrons. The first kappa shape index (κ1) is 14.3. The summed E-state index contributed by atoms with van der Waals surface area (Å²) in [6, 6.07) is 11.3. The predicted octanol–water partition coefficient (Wildman–Crippen LogP) is 3.68. The summed E-state index contributed by atoms with van der Waals surface area (Å²) in [7, 11) is 1.73. The molecule has 0 saturated heterocycles. The highest BCUT2D eigenvalue weighted by molar-refractivity contribution is 5.82. The number of amides is 2. The lowest BCUT2D eigenvalue weighted by Crippen LogP contribution is -2.36. The van der Waals surface area contributed by atoms with Crippen LogP contribution in [-0.4, -0.2) is 18.0 Å². The summed E-state index contributed by atoms with van der Waals surface area (Å²) in [6.45, 7) is 2.79. The van der Waals surface area contributed by atoms with Gasteiger partial charge in [0, 0.05) is 18.0 Å². The van der Waals surface area contributed by atoms with Crippen LogP contribution in [0.1, 0.15) is 17.1 Å². The van der Waals surface area contributed by atoms with E-state index in [1.807, 2.05) is 37.3 Å². The first-order valence-electron chi connectivity index (χ1n) is 7.13. The number of carbonyl (C=O) groups excluding carboxylic acids is 1. The third kappa shape index (κ3) is 2.83. The summed E-state index contributed by atoms with van der Waals surface area (Å²) < 4.78 is 11.0. The molecule has 0 aliphatic rings. The van der Waals surface area contributed by atoms with Crippen LogP contribution < -0.4 is 5.32 Å². The minimum Gasteiger partial charge on any atom is -0.467 e. The van der Waals surface area contributed by atoms with Crippen molar-refractivity contribution >= 4 is 17.0 Å². The number of nitrogens with zero attached hydrogens (tertiary/aromatic N) is 1. The van der Waals surface area contributed by atoms with Gasteiger partial charge in [-0.15, -0.1) is 0 Å². The van der Waals surface area contributed by atoms with E-state index in [0.717, 1.165) is 28.1 Å². The van der Waals surface area contributed by atoms with E-state index in [2.05, 4.69) is 5.32 Å².